The van der Waals surface area contributed by atoms with Crippen molar-refractivity contribution in [3.8, 4) is 0 Å². The second kappa shape index (κ2) is 2.88. The van der Waals surface area contributed by atoms with Crippen LogP contribution in [0, 0.1) is 0 Å². The summed E-state index contributed by atoms with van der Waals surface area (Å²) in [6.07, 6.45) is -0.246. The molecule has 1 N–H and O–H groups in total. The Morgan fingerprint density at radius 2 is 2.40 bits per heavy atom. The van der Waals surface area contributed by atoms with E-state index in [9.17, 15) is 9.90 Å². The number of carbonyl (C=O) groups excluding carboxylic acids is 1. The Morgan fingerprint density at radius 3 is 2.80 bits per heavy atom. The van der Waals surface area contributed by atoms with Crippen molar-refractivity contribution in [2.24, 2.45) is 0 Å². The molecule has 0 aromatic heterocycles. The Morgan fingerprint density at radius 1 is 1.70 bits per heavy atom. The van der Waals surface area contributed by atoms with E-state index >= 15 is 0 Å². The Kier molecular flexibility index (Phi) is 2.11. The Hall–Kier alpha value is -0.770. The highest BCUT2D eigenvalue weighted by Gasteiger charge is 2.16. The Balaban J connectivity index is 2.39. The van der Waals surface area contributed by atoms with Gasteiger partial charge in [0.15, 0.2) is 0 Å². The predicted molar refractivity (Wildman–Crippen MR) is 32.2 cm³/mol. The molecule has 1 atom stereocenters. The van der Waals surface area contributed by atoms with Gasteiger partial charge in [-0.2, -0.15) is 0 Å². The highest BCUT2D eigenvalue weighted by molar-refractivity contribution is 5.62. The van der Waals surface area contributed by atoms with Crippen LogP contribution in [0.4, 0.5) is 4.79 Å². The molecule has 4 heteroatoms. The van der Waals surface area contributed by atoms with E-state index in [0.717, 1.165) is 11.3 Å². The Labute approximate surface area is 59.1 Å². The highest BCUT2D eigenvalue weighted by atomic mass is 16.4. The van der Waals surface area contributed by atoms with Gasteiger partial charge in [-0.05, 0) is 12.8 Å². The van der Waals surface area contributed by atoms with Crippen molar-refractivity contribution in [1.82, 2.24) is 4.90 Å². The number of hydrogen-bond acceptors (Lipinski definition) is 3. The predicted octanol–water partition coefficient (Wildman–Crippen LogP) is -1.21. The number of rotatable bonds is 0. The van der Waals surface area contributed by atoms with Crippen molar-refractivity contribution in [3.05, 3.63) is 0 Å². The summed E-state index contributed by atoms with van der Waals surface area (Å²) in [4.78, 5) is 11.3. The molecule has 0 radical (unpaired) electrons. The van der Waals surface area contributed by atoms with Gasteiger partial charge in [0.05, 0.1) is 6.10 Å². The van der Waals surface area contributed by atoms with Gasteiger partial charge in [0, 0.05) is 13.1 Å². The van der Waals surface area contributed by atoms with E-state index in [1.807, 2.05) is 0 Å². The second-order valence-electron chi connectivity index (χ2n) is 2.51. The lowest BCUT2D eigenvalue weighted by molar-refractivity contribution is -0.267. The summed E-state index contributed by atoms with van der Waals surface area (Å²) in [5, 5.41) is 19.2. The molecule has 1 heterocycles. The number of likely N-dealkylation sites (tertiary alicyclic amines) is 1. The summed E-state index contributed by atoms with van der Waals surface area (Å²) in [6.45, 7) is 0.710. The van der Waals surface area contributed by atoms with Crippen LogP contribution in [0.15, 0.2) is 0 Å². The van der Waals surface area contributed by atoms with Gasteiger partial charge < -0.3 is 19.9 Å². The number of nitrogens with zero attached hydrogens (tertiary/aromatic N) is 1. The number of aliphatic hydroxyl groups excluding tert-OH is 1. The molecule has 0 aromatic rings. The molecule has 0 bridgehead atoms. The van der Waals surface area contributed by atoms with Gasteiger partial charge in [-0.3, -0.25) is 0 Å². The second-order valence-corrected chi connectivity index (χ2v) is 2.51. The number of aliphatic hydroxyl groups is 1. The average molecular weight is 144 g/mol. The fourth-order valence-corrected chi connectivity index (χ4v) is 1.12. The molecular weight excluding hydrogens is 134 g/mol. The molecule has 4 nitrogen and oxygen atoms in total. The Bertz CT molecular complexity index is 137. The summed E-state index contributed by atoms with van der Waals surface area (Å²) < 4.78 is 0. The summed E-state index contributed by atoms with van der Waals surface area (Å²) in [6, 6.07) is 0. The van der Waals surface area contributed by atoms with Gasteiger partial charge in [0.1, 0.15) is 6.09 Å². The van der Waals surface area contributed by atoms with Crippen LogP contribution in [-0.4, -0.2) is 35.3 Å². The number of carbonyl (C=O) groups is 1. The number of hydrogen-bond donors (Lipinski definition) is 1. The quantitative estimate of drug-likeness (QED) is 0.464. The maximum atomic E-state index is 10.2. The topological polar surface area (TPSA) is 63.6 Å². The monoisotopic (exact) mass is 144 g/mol. The molecule has 0 aliphatic carbocycles. The fraction of sp³-hybridized carbons (Fsp3) is 0.833. The lowest BCUT2D eigenvalue weighted by Gasteiger charge is -2.31. The summed E-state index contributed by atoms with van der Waals surface area (Å²) >= 11 is 0. The normalized spacial score (nSPS) is 26.5. The van der Waals surface area contributed by atoms with Crippen molar-refractivity contribution in [1.29, 1.82) is 0 Å². The van der Waals surface area contributed by atoms with Crippen molar-refractivity contribution >= 4 is 6.09 Å². The van der Waals surface area contributed by atoms with Gasteiger partial charge in [0.2, 0.25) is 0 Å². The van der Waals surface area contributed by atoms with Crippen LogP contribution in [0.3, 0.4) is 0 Å². The van der Waals surface area contributed by atoms with E-state index in [4.69, 9.17) is 5.11 Å². The van der Waals surface area contributed by atoms with E-state index in [2.05, 4.69) is 0 Å². The van der Waals surface area contributed by atoms with Gasteiger partial charge in [-0.1, -0.05) is 0 Å². The standard InChI is InChI=1S/C6H11NO3/c8-5-2-1-3-7(4-5)6(9)10/h5,8H,1-4H2,(H,9,10)/p-1. The van der Waals surface area contributed by atoms with E-state index in [1.165, 1.54) is 0 Å². The van der Waals surface area contributed by atoms with E-state index in [0.29, 0.717) is 13.0 Å². The van der Waals surface area contributed by atoms with E-state index in [-0.39, 0.29) is 6.54 Å². The van der Waals surface area contributed by atoms with Crippen LogP contribution >= 0.6 is 0 Å². The van der Waals surface area contributed by atoms with Crippen LogP contribution in [0.2, 0.25) is 0 Å². The van der Waals surface area contributed by atoms with Crippen molar-refractivity contribution in [2.75, 3.05) is 13.1 Å². The summed E-state index contributed by atoms with van der Waals surface area (Å²) in [7, 11) is 0. The molecule has 1 saturated heterocycles. The third kappa shape index (κ3) is 1.60. The number of piperidine rings is 1. The SMILES string of the molecule is O=C([O-])N1CCCC(O)C1. The average Bonchev–Trinajstić information content (AvgIpc) is 1.88. The minimum atomic E-state index is -1.18. The summed E-state index contributed by atoms with van der Waals surface area (Å²) in [5.41, 5.74) is 0. The van der Waals surface area contributed by atoms with Gasteiger partial charge in [0.25, 0.3) is 0 Å². The summed E-state index contributed by atoms with van der Waals surface area (Å²) in [5.74, 6) is 0. The number of β-amino-alcohol motifs (C(OH)–C–C–N with tert-alkyl or cyclic N) is 1. The third-order valence-corrected chi connectivity index (χ3v) is 1.65. The zero-order valence-electron chi connectivity index (χ0n) is 5.62. The first kappa shape index (κ1) is 7.34. The van der Waals surface area contributed by atoms with E-state index < -0.39 is 12.2 Å². The molecule has 1 amide bonds. The minimum Gasteiger partial charge on any atom is -0.530 e. The first-order valence-corrected chi connectivity index (χ1v) is 3.34. The molecule has 0 spiro atoms. The third-order valence-electron chi connectivity index (χ3n) is 1.65. The van der Waals surface area contributed by atoms with Crippen LogP contribution in [-0.2, 0) is 0 Å². The van der Waals surface area contributed by atoms with Crippen LogP contribution < -0.4 is 5.11 Å². The highest BCUT2D eigenvalue weighted by Crippen LogP contribution is 2.08. The minimum absolute atomic E-state index is 0.211. The maximum Gasteiger partial charge on any atom is 0.137 e. The molecule has 1 fully saturated rings. The molecule has 1 aliphatic rings. The van der Waals surface area contributed by atoms with Crippen LogP contribution in [0.25, 0.3) is 0 Å². The molecule has 1 rings (SSSR count). The van der Waals surface area contributed by atoms with E-state index in [1.54, 1.807) is 0 Å². The zero-order chi connectivity index (χ0) is 7.56. The lowest BCUT2D eigenvalue weighted by atomic mass is 10.1. The molecule has 1 aliphatic heterocycles. The molecular formula is C6H10NO3-. The first-order valence-electron chi connectivity index (χ1n) is 3.34. The molecule has 1 unspecified atom stereocenters. The largest absolute Gasteiger partial charge is 0.530 e. The smallest absolute Gasteiger partial charge is 0.137 e. The molecule has 58 valence electrons. The number of carboxylic acid groups (broad SMARTS) is 1. The fourth-order valence-electron chi connectivity index (χ4n) is 1.12. The van der Waals surface area contributed by atoms with Crippen molar-refractivity contribution in [2.45, 2.75) is 18.9 Å². The lowest BCUT2D eigenvalue weighted by Crippen LogP contribution is -2.48. The maximum absolute atomic E-state index is 10.2. The van der Waals surface area contributed by atoms with Gasteiger partial charge in [-0.15, -0.1) is 0 Å². The van der Waals surface area contributed by atoms with Gasteiger partial charge >= 0.3 is 0 Å². The molecule has 0 aromatic carbocycles. The van der Waals surface area contributed by atoms with Gasteiger partial charge in [-0.25, -0.2) is 0 Å². The van der Waals surface area contributed by atoms with Crippen molar-refractivity contribution in [3.63, 3.8) is 0 Å². The van der Waals surface area contributed by atoms with Crippen molar-refractivity contribution < 1.29 is 15.0 Å². The zero-order valence-corrected chi connectivity index (χ0v) is 5.62. The molecule has 10 heavy (non-hydrogen) atoms. The molecule has 0 saturated carbocycles. The number of amides is 1. The first-order chi connectivity index (χ1) is 4.70. The van der Waals surface area contributed by atoms with Crippen LogP contribution in [0.5, 0.6) is 0 Å². The van der Waals surface area contributed by atoms with Crippen LogP contribution in [0.1, 0.15) is 12.8 Å².